The topological polar surface area (TPSA) is 42.0 Å². The normalized spacial score (nSPS) is 16.0. The Morgan fingerprint density at radius 3 is 1.79 bits per heavy atom. The number of hydrogen-bond donors (Lipinski definition) is 0. The molecule has 4 aromatic carbocycles. The van der Waals surface area contributed by atoms with Crippen LogP contribution in [0, 0.1) is 0 Å². The molecular formula is C33H32N2O3. The van der Waals surface area contributed by atoms with E-state index in [-0.39, 0.29) is 24.7 Å². The minimum absolute atomic E-state index is 0.0497. The highest BCUT2D eigenvalue weighted by molar-refractivity contribution is 5.78. The average Bonchev–Trinajstić information content (AvgIpc) is 3.46. The lowest BCUT2D eigenvalue weighted by Crippen LogP contribution is -2.50. The number of ether oxygens (including phenoxy) is 2. The van der Waals surface area contributed by atoms with Gasteiger partial charge >= 0.3 is 0 Å². The summed E-state index contributed by atoms with van der Waals surface area (Å²) in [5, 5.41) is 0. The minimum Gasteiger partial charge on any atom is -0.454 e. The SMILES string of the molecule is O=C(CC(c1ccccc1)c1ccccc1)N1CCN(C(c2ccccc2)c2ccc3c(c2)OCO3)CC1. The molecule has 6 rings (SSSR count). The van der Waals surface area contributed by atoms with Crippen molar-refractivity contribution in [3.63, 3.8) is 0 Å². The van der Waals surface area contributed by atoms with Gasteiger partial charge in [-0.25, -0.2) is 0 Å². The van der Waals surface area contributed by atoms with Crippen LogP contribution in [-0.4, -0.2) is 48.7 Å². The number of amides is 1. The van der Waals surface area contributed by atoms with Gasteiger partial charge in [0.05, 0.1) is 6.04 Å². The molecule has 0 N–H and O–H groups in total. The van der Waals surface area contributed by atoms with Crippen molar-refractivity contribution in [1.29, 1.82) is 0 Å². The number of fused-ring (bicyclic) bond motifs is 1. The van der Waals surface area contributed by atoms with Crippen LogP contribution in [0.15, 0.2) is 109 Å². The van der Waals surface area contributed by atoms with Gasteiger partial charge in [0.2, 0.25) is 12.7 Å². The number of nitrogens with zero attached hydrogens (tertiary/aromatic N) is 2. The third kappa shape index (κ3) is 5.15. The molecule has 0 saturated carbocycles. The first-order valence-corrected chi connectivity index (χ1v) is 13.3. The van der Waals surface area contributed by atoms with Crippen LogP contribution < -0.4 is 9.47 Å². The summed E-state index contributed by atoms with van der Waals surface area (Å²) in [4.78, 5) is 18.1. The van der Waals surface area contributed by atoms with E-state index in [1.165, 1.54) is 22.3 Å². The predicted octanol–water partition coefficient (Wildman–Crippen LogP) is 5.87. The molecule has 0 aromatic heterocycles. The third-order valence-corrected chi connectivity index (χ3v) is 7.64. The molecule has 4 aromatic rings. The zero-order valence-corrected chi connectivity index (χ0v) is 21.4. The Hall–Kier alpha value is -4.09. The van der Waals surface area contributed by atoms with Gasteiger partial charge < -0.3 is 14.4 Å². The Morgan fingerprint density at radius 1 is 0.632 bits per heavy atom. The third-order valence-electron chi connectivity index (χ3n) is 7.64. The quantitative estimate of drug-likeness (QED) is 0.316. The summed E-state index contributed by atoms with van der Waals surface area (Å²) in [7, 11) is 0. The molecule has 2 aliphatic rings. The van der Waals surface area contributed by atoms with Gasteiger partial charge in [-0.3, -0.25) is 9.69 Å². The van der Waals surface area contributed by atoms with Crippen LogP contribution in [0.3, 0.4) is 0 Å². The average molecular weight is 505 g/mol. The second-order valence-corrected chi connectivity index (χ2v) is 9.92. The molecule has 0 spiro atoms. The molecule has 0 bridgehead atoms. The first-order valence-electron chi connectivity index (χ1n) is 13.3. The maximum atomic E-state index is 13.6. The predicted molar refractivity (Wildman–Crippen MR) is 148 cm³/mol. The van der Waals surface area contributed by atoms with Gasteiger partial charge in [0, 0.05) is 38.5 Å². The number of piperazine rings is 1. The summed E-state index contributed by atoms with van der Waals surface area (Å²) in [6, 6.07) is 37.6. The highest BCUT2D eigenvalue weighted by Crippen LogP contribution is 2.38. The summed E-state index contributed by atoms with van der Waals surface area (Å²) in [6.45, 7) is 3.30. The van der Waals surface area contributed by atoms with Gasteiger partial charge in [0.15, 0.2) is 11.5 Å². The summed E-state index contributed by atoms with van der Waals surface area (Å²) >= 11 is 0. The van der Waals surface area contributed by atoms with Crippen LogP contribution in [0.4, 0.5) is 0 Å². The molecule has 38 heavy (non-hydrogen) atoms. The van der Waals surface area contributed by atoms with Crippen molar-refractivity contribution in [1.82, 2.24) is 9.80 Å². The molecule has 1 atom stereocenters. The van der Waals surface area contributed by atoms with Crippen molar-refractivity contribution in [3.05, 3.63) is 131 Å². The molecule has 1 fully saturated rings. The van der Waals surface area contributed by atoms with Crippen molar-refractivity contribution in [2.24, 2.45) is 0 Å². The van der Waals surface area contributed by atoms with Crippen LogP contribution in [0.1, 0.15) is 40.6 Å². The van der Waals surface area contributed by atoms with Crippen molar-refractivity contribution in [2.45, 2.75) is 18.4 Å². The van der Waals surface area contributed by atoms with Crippen molar-refractivity contribution in [3.8, 4) is 11.5 Å². The van der Waals surface area contributed by atoms with Crippen LogP contribution in [0.5, 0.6) is 11.5 Å². The summed E-state index contributed by atoms with van der Waals surface area (Å²) in [5.74, 6) is 1.85. The lowest BCUT2D eigenvalue weighted by Gasteiger charge is -2.40. The zero-order chi connectivity index (χ0) is 25.7. The number of benzene rings is 4. The Morgan fingerprint density at radius 2 is 1.18 bits per heavy atom. The van der Waals surface area contributed by atoms with Gasteiger partial charge in [0.1, 0.15) is 0 Å². The van der Waals surface area contributed by atoms with Crippen LogP contribution in [-0.2, 0) is 4.79 Å². The molecule has 0 radical (unpaired) electrons. The van der Waals surface area contributed by atoms with Crippen LogP contribution >= 0.6 is 0 Å². The van der Waals surface area contributed by atoms with Gasteiger partial charge in [-0.1, -0.05) is 97.1 Å². The Kier molecular flexibility index (Phi) is 7.10. The monoisotopic (exact) mass is 504 g/mol. The molecule has 0 aliphatic carbocycles. The van der Waals surface area contributed by atoms with E-state index < -0.39 is 0 Å². The number of carbonyl (C=O) groups is 1. The summed E-state index contributed by atoms with van der Waals surface area (Å²) < 4.78 is 11.2. The Bertz CT molecular complexity index is 1310. The highest BCUT2D eigenvalue weighted by atomic mass is 16.7. The van der Waals surface area contributed by atoms with Gasteiger partial charge in [-0.15, -0.1) is 0 Å². The second-order valence-electron chi connectivity index (χ2n) is 9.92. The van der Waals surface area contributed by atoms with E-state index in [2.05, 4.69) is 65.6 Å². The van der Waals surface area contributed by atoms with E-state index in [4.69, 9.17) is 9.47 Å². The van der Waals surface area contributed by atoms with E-state index in [1.54, 1.807) is 0 Å². The van der Waals surface area contributed by atoms with Crippen LogP contribution in [0.25, 0.3) is 0 Å². The molecule has 1 saturated heterocycles. The van der Waals surface area contributed by atoms with Crippen molar-refractivity contribution < 1.29 is 14.3 Å². The van der Waals surface area contributed by atoms with E-state index in [1.807, 2.05) is 53.4 Å². The molecule has 2 heterocycles. The fourth-order valence-electron chi connectivity index (χ4n) is 5.66. The van der Waals surface area contributed by atoms with E-state index >= 15 is 0 Å². The van der Waals surface area contributed by atoms with Crippen molar-refractivity contribution in [2.75, 3.05) is 33.0 Å². The Balaban J connectivity index is 1.18. The zero-order valence-electron chi connectivity index (χ0n) is 21.4. The highest BCUT2D eigenvalue weighted by Gasteiger charge is 2.30. The molecule has 5 heteroatoms. The lowest BCUT2D eigenvalue weighted by molar-refractivity contribution is -0.133. The van der Waals surface area contributed by atoms with E-state index in [9.17, 15) is 4.79 Å². The van der Waals surface area contributed by atoms with Gasteiger partial charge in [0.25, 0.3) is 0 Å². The molecule has 5 nitrogen and oxygen atoms in total. The molecular weight excluding hydrogens is 472 g/mol. The maximum Gasteiger partial charge on any atom is 0.231 e. The molecule has 1 amide bonds. The number of hydrogen-bond acceptors (Lipinski definition) is 4. The minimum atomic E-state index is 0.0497. The smallest absolute Gasteiger partial charge is 0.231 e. The lowest BCUT2D eigenvalue weighted by atomic mass is 9.88. The molecule has 1 unspecified atom stereocenters. The fraction of sp³-hybridized carbons (Fsp3) is 0.242. The number of carbonyl (C=O) groups excluding carboxylic acids is 1. The van der Waals surface area contributed by atoms with Gasteiger partial charge in [-0.2, -0.15) is 0 Å². The maximum absolute atomic E-state index is 13.6. The van der Waals surface area contributed by atoms with Crippen LogP contribution in [0.2, 0.25) is 0 Å². The molecule has 192 valence electrons. The standard InChI is InChI=1S/C33H32N2O3/c36-32(23-29(25-10-4-1-5-11-25)26-12-6-2-7-13-26)34-18-20-35(21-19-34)33(27-14-8-3-9-15-27)28-16-17-30-31(22-28)38-24-37-30/h1-17,22,29,33H,18-21,23-24H2. The van der Waals surface area contributed by atoms with E-state index in [0.717, 1.165) is 24.6 Å². The first-order chi connectivity index (χ1) is 18.8. The second kappa shape index (κ2) is 11.1. The number of rotatable bonds is 7. The van der Waals surface area contributed by atoms with Crippen molar-refractivity contribution >= 4 is 5.91 Å². The van der Waals surface area contributed by atoms with E-state index in [0.29, 0.717) is 19.5 Å². The summed E-state index contributed by atoms with van der Waals surface area (Å²) in [6.07, 6.45) is 0.471. The Labute approximate surface area is 224 Å². The summed E-state index contributed by atoms with van der Waals surface area (Å²) in [5.41, 5.74) is 4.77. The first kappa shape index (κ1) is 24.3. The fourth-order valence-corrected chi connectivity index (χ4v) is 5.66. The van der Waals surface area contributed by atoms with Gasteiger partial charge in [-0.05, 0) is 34.4 Å². The largest absolute Gasteiger partial charge is 0.454 e. The molecule has 2 aliphatic heterocycles.